The van der Waals surface area contributed by atoms with Crippen LogP contribution >= 0.6 is 0 Å². The van der Waals surface area contributed by atoms with Gasteiger partial charge in [0.05, 0.1) is 11.8 Å². The minimum Gasteiger partial charge on any atom is -0.480 e. The molecule has 2 aromatic rings. The molecular formula is C19H21NO4. The largest absolute Gasteiger partial charge is 0.480 e. The number of aryl methyl sites for hydroxylation is 2. The van der Waals surface area contributed by atoms with Crippen LogP contribution in [0.1, 0.15) is 52.4 Å². The maximum atomic E-state index is 12.3. The third kappa shape index (κ3) is 3.35. The second kappa shape index (κ2) is 6.91. The Labute approximate surface area is 140 Å². The zero-order valence-electron chi connectivity index (χ0n) is 13.6. The number of hydrogen-bond donors (Lipinski definition) is 2. The zero-order valence-corrected chi connectivity index (χ0v) is 13.6. The average molecular weight is 327 g/mol. The maximum Gasteiger partial charge on any atom is 0.326 e. The van der Waals surface area contributed by atoms with Crippen LogP contribution in [0, 0.1) is 6.92 Å². The highest BCUT2D eigenvalue weighted by molar-refractivity contribution is 5.97. The molecule has 0 aliphatic heterocycles. The third-order valence-corrected chi connectivity index (χ3v) is 4.72. The smallest absolute Gasteiger partial charge is 0.326 e. The molecule has 126 valence electrons. The molecule has 24 heavy (non-hydrogen) atoms. The van der Waals surface area contributed by atoms with E-state index in [9.17, 15) is 14.7 Å². The highest BCUT2D eigenvalue weighted by Gasteiger charge is 2.28. The van der Waals surface area contributed by atoms with Gasteiger partial charge in [-0.3, -0.25) is 4.79 Å². The normalized spacial score (nSPS) is 17.8. The molecule has 1 aliphatic carbocycles. The van der Waals surface area contributed by atoms with Crippen LogP contribution in [0.5, 0.6) is 0 Å². The maximum absolute atomic E-state index is 12.3. The first-order chi connectivity index (χ1) is 11.6. The van der Waals surface area contributed by atoms with E-state index in [1.54, 1.807) is 13.0 Å². The predicted molar refractivity (Wildman–Crippen MR) is 89.1 cm³/mol. The molecule has 1 aliphatic rings. The van der Waals surface area contributed by atoms with Gasteiger partial charge in [0.1, 0.15) is 11.8 Å². The Morgan fingerprint density at radius 1 is 1.33 bits per heavy atom. The molecule has 5 heteroatoms. The Balaban J connectivity index is 1.75. The number of carbonyl (C=O) groups is 2. The number of aliphatic carboxylic acids is 1. The van der Waals surface area contributed by atoms with E-state index in [1.165, 1.54) is 17.4 Å². The number of rotatable bonds is 5. The zero-order chi connectivity index (χ0) is 17.1. The molecule has 0 fully saturated rings. The van der Waals surface area contributed by atoms with Gasteiger partial charge < -0.3 is 14.8 Å². The number of fused-ring (bicyclic) bond motifs is 1. The molecule has 1 amide bonds. The molecule has 5 nitrogen and oxygen atoms in total. The van der Waals surface area contributed by atoms with Gasteiger partial charge in [-0.2, -0.15) is 0 Å². The first-order valence-corrected chi connectivity index (χ1v) is 8.22. The molecule has 2 atom stereocenters. The van der Waals surface area contributed by atoms with Crippen molar-refractivity contribution in [3.63, 3.8) is 0 Å². The summed E-state index contributed by atoms with van der Waals surface area (Å²) >= 11 is 0. The number of nitrogens with one attached hydrogen (secondary N) is 1. The van der Waals surface area contributed by atoms with E-state index in [-0.39, 0.29) is 5.92 Å². The van der Waals surface area contributed by atoms with E-state index in [4.69, 9.17) is 4.42 Å². The third-order valence-electron chi connectivity index (χ3n) is 4.72. The van der Waals surface area contributed by atoms with Crippen molar-refractivity contribution >= 4 is 11.9 Å². The van der Waals surface area contributed by atoms with Crippen LogP contribution in [0.2, 0.25) is 0 Å². The van der Waals surface area contributed by atoms with Gasteiger partial charge in [-0.05, 0) is 55.7 Å². The van der Waals surface area contributed by atoms with Gasteiger partial charge in [0, 0.05) is 0 Å². The van der Waals surface area contributed by atoms with E-state index >= 15 is 0 Å². The Hall–Kier alpha value is -2.56. The van der Waals surface area contributed by atoms with Crippen molar-refractivity contribution in [2.24, 2.45) is 0 Å². The molecule has 3 rings (SSSR count). The topological polar surface area (TPSA) is 79.5 Å². The number of carboxylic acids is 1. The monoisotopic (exact) mass is 327 g/mol. The summed E-state index contributed by atoms with van der Waals surface area (Å²) in [6.07, 6.45) is 4.85. The van der Waals surface area contributed by atoms with Crippen LogP contribution in [0.4, 0.5) is 0 Å². The second-order valence-corrected chi connectivity index (χ2v) is 6.28. The molecule has 2 N–H and O–H groups in total. The summed E-state index contributed by atoms with van der Waals surface area (Å²) in [5, 5.41) is 12.2. The van der Waals surface area contributed by atoms with Crippen LogP contribution in [0.3, 0.4) is 0 Å². The van der Waals surface area contributed by atoms with Gasteiger partial charge in [-0.15, -0.1) is 0 Å². The molecule has 1 aromatic heterocycles. The number of carbonyl (C=O) groups excluding carboxylic acids is 1. The van der Waals surface area contributed by atoms with Crippen LogP contribution in [0.15, 0.2) is 41.0 Å². The van der Waals surface area contributed by atoms with Crippen LogP contribution < -0.4 is 5.32 Å². The van der Waals surface area contributed by atoms with E-state index in [2.05, 4.69) is 17.4 Å². The minimum absolute atomic E-state index is 0.154. The van der Waals surface area contributed by atoms with Gasteiger partial charge in [0.15, 0.2) is 0 Å². The van der Waals surface area contributed by atoms with Gasteiger partial charge in [0.25, 0.3) is 5.91 Å². The lowest BCUT2D eigenvalue weighted by molar-refractivity contribution is -0.139. The first-order valence-electron chi connectivity index (χ1n) is 8.22. The summed E-state index contributed by atoms with van der Waals surface area (Å²) in [7, 11) is 0. The fourth-order valence-corrected chi connectivity index (χ4v) is 3.46. The van der Waals surface area contributed by atoms with E-state index in [0.29, 0.717) is 17.7 Å². The number of furan rings is 1. The lowest BCUT2D eigenvalue weighted by atomic mass is 9.79. The highest BCUT2D eigenvalue weighted by Crippen LogP contribution is 2.34. The average Bonchev–Trinajstić information content (AvgIpc) is 3.00. The van der Waals surface area contributed by atoms with Crippen molar-refractivity contribution in [1.82, 2.24) is 5.32 Å². The lowest BCUT2D eigenvalue weighted by Gasteiger charge is -2.28. The van der Waals surface area contributed by atoms with Gasteiger partial charge in [-0.1, -0.05) is 24.3 Å². The highest BCUT2D eigenvalue weighted by atomic mass is 16.4. The standard InChI is InChI=1S/C19H21NO4/c1-12-15(9-10-24-12)18(21)20-17(19(22)23)11-14-7-4-6-13-5-2-3-8-16(13)14/h2-3,5,8-10,14,17H,4,6-7,11H2,1H3,(H,20,21)(H,22,23). The van der Waals surface area contributed by atoms with Gasteiger partial charge >= 0.3 is 5.97 Å². The summed E-state index contributed by atoms with van der Waals surface area (Å²) in [5.74, 6) is -0.772. The first kappa shape index (κ1) is 16.3. The summed E-state index contributed by atoms with van der Waals surface area (Å²) < 4.78 is 5.12. The summed E-state index contributed by atoms with van der Waals surface area (Å²) in [6.45, 7) is 1.68. The fourth-order valence-electron chi connectivity index (χ4n) is 3.46. The van der Waals surface area contributed by atoms with E-state index in [1.807, 2.05) is 12.1 Å². The molecule has 0 saturated heterocycles. The second-order valence-electron chi connectivity index (χ2n) is 6.28. The predicted octanol–water partition coefficient (Wildman–Crippen LogP) is 3.28. The fraction of sp³-hybridized carbons (Fsp3) is 0.368. The minimum atomic E-state index is -1.01. The van der Waals surface area contributed by atoms with Crippen molar-refractivity contribution in [2.45, 2.75) is 44.6 Å². The Morgan fingerprint density at radius 3 is 2.83 bits per heavy atom. The molecule has 0 bridgehead atoms. The Kier molecular flexibility index (Phi) is 4.69. The molecule has 0 radical (unpaired) electrons. The van der Waals surface area contributed by atoms with Gasteiger partial charge in [0.2, 0.25) is 0 Å². The molecule has 0 saturated carbocycles. The number of benzene rings is 1. The quantitative estimate of drug-likeness (QED) is 0.883. The van der Waals surface area contributed by atoms with Crippen LogP contribution in [-0.4, -0.2) is 23.0 Å². The summed E-state index contributed by atoms with van der Waals surface area (Å²) in [5.41, 5.74) is 2.88. The Bertz CT molecular complexity index is 749. The molecular weight excluding hydrogens is 306 g/mol. The van der Waals surface area contributed by atoms with Gasteiger partial charge in [-0.25, -0.2) is 4.79 Å². The van der Waals surface area contributed by atoms with Crippen molar-refractivity contribution in [3.05, 3.63) is 59.0 Å². The molecule has 0 spiro atoms. The van der Waals surface area contributed by atoms with E-state index < -0.39 is 17.9 Å². The summed E-state index contributed by atoms with van der Waals surface area (Å²) in [4.78, 5) is 23.9. The van der Waals surface area contributed by atoms with Crippen molar-refractivity contribution in [3.8, 4) is 0 Å². The summed E-state index contributed by atoms with van der Waals surface area (Å²) in [6, 6.07) is 8.81. The molecule has 1 heterocycles. The number of amides is 1. The van der Waals surface area contributed by atoms with Crippen molar-refractivity contribution < 1.29 is 19.1 Å². The van der Waals surface area contributed by atoms with Crippen LogP contribution in [-0.2, 0) is 11.2 Å². The van der Waals surface area contributed by atoms with Crippen molar-refractivity contribution in [1.29, 1.82) is 0 Å². The Morgan fingerprint density at radius 2 is 2.12 bits per heavy atom. The lowest BCUT2D eigenvalue weighted by Crippen LogP contribution is -2.42. The van der Waals surface area contributed by atoms with E-state index in [0.717, 1.165) is 19.3 Å². The van der Waals surface area contributed by atoms with Crippen molar-refractivity contribution in [2.75, 3.05) is 0 Å². The molecule has 2 unspecified atom stereocenters. The SMILES string of the molecule is Cc1occc1C(=O)NC(CC1CCCc2ccccc21)C(=O)O. The number of carboxylic acid groups (broad SMARTS) is 1. The number of hydrogen-bond acceptors (Lipinski definition) is 3. The van der Waals surface area contributed by atoms with Crippen LogP contribution in [0.25, 0.3) is 0 Å². The molecule has 1 aromatic carbocycles.